The number of hydrogen-bond donors (Lipinski definition) is 3. The van der Waals surface area contributed by atoms with Crippen molar-refractivity contribution in [3.63, 3.8) is 0 Å². The Labute approximate surface area is 166 Å². The second-order valence-corrected chi connectivity index (χ2v) is 6.75. The molecule has 0 saturated heterocycles. The maximum absolute atomic E-state index is 12.2. The Hall–Kier alpha value is -3.17. The van der Waals surface area contributed by atoms with Crippen LogP contribution in [0, 0.1) is 5.92 Å². The van der Waals surface area contributed by atoms with Crippen LogP contribution in [0.25, 0.3) is 0 Å². The van der Waals surface area contributed by atoms with Crippen molar-refractivity contribution in [3.05, 3.63) is 41.5 Å². The van der Waals surface area contributed by atoms with Gasteiger partial charge in [-0.05, 0) is 12.1 Å². The third kappa shape index (κ3) is 2.99. The van der Waals surface area contributed by atoms with Crippen molar-refractivity contribution in [1.82, 2.24) is 0 Å². The minimum Gasteiger partial charge on any atom is -0.497 e. The summed E-state index contributed by atoms with van der Waals surface area (Å²) in [6, 6.07) is 8.08. The highest BCUT2D eigenvalue weighted by atomic mass is 16.7. The predicted molar refractivity (Wildman–Crippen MR) is 97.7 cm³/mol. The average molecular weight is 404 g/mol. The second kappa shape index (κ2) is 7.02. The number of carboxylic acids is 1. The van der Waals surface area contributed by atoms with Crippen LogP contribution in [0.1, 0.15) is 17.0 Å². The van der Waals surface area contributed by atoms with E-state index in [1.807, 2.05) is 0 Å². The number of carboxylic acid groups (broad SMARTS) is 1. The monoisotopic (exact) mass is 404 g/mol. The molecule has 2 heterocycles. The summed E-state index contributed by atoms with van der Waals surface area (Å²) in [5, 5.41) is 30.7. The third-order valence-corrected chi connectivity index (χ3v) is 5.21. The first kappa shape index (κ1) is 19.2. The Balaban J connectivity index is 1.97. The molecule has 0 spiro atoms. The summed E-state index contributed by atoms with van der Waals surface area (Å²) >= 11 is 0. The molecule has 154 valence electrons. The summed E-state index contributed by atoms with van der Waals surface area (Å²) in [5.41, 5.74) is 0.944. The normalized spacial score (nSPS) is 24.4. The number of benzene rings is 2. The molecule has 9 heteroatoms. The second-order valence-electron chi connectivity index (χ2n) is 6.75. The van der Waals surface area contributed by atoms with Crippen LogP contribution < -0.4 is 23.7 Å². The van der Waals surface area contributed by atoms with Crippen LogP contribution in [0.4, 0.5) is 0 Å². The Morgan fingerprint density at radius 3 is 2.45 bits per heavy atom. The van der Waals surface area contributed by atoms with Gasteiger partial charge in [0.05, 0.1) is 14.2 Å². The lowest BCUT2D eigenvalue weighted by Gasteiger charge is -2.42. The van der Waals surface area contributed by atoms with Gasteiger partial charge in [0, 0.05) is 29.2 Å². The topological polar surface area (TPSA) is 124 Å². The van der Waals surface area contributed by atoms with Crippen LogP contribution in [0.3, 0.4) is 0 Å². The number of rotatable bonds is 5. The van der Waals surface area contributed by atoms with Crippen molar-refractivity contribution in [3.8, 4) is 28.7 Å². The average Bonchev–Trinajstić information content (AvgIpc) is 3.17. The maximum atomic E-state index is 12.2. The standard InChI is InChI=1S/C20H20O9/c1-25-10-3-4-11(13(5-10)26-2)17-12-6-15-16(28-9-27-15)7-14(12)29-20(24,8-21)18(17)19(22)23/h3-7,17-18,21,24H,8-9H2,1-2H3,(H,22,23)/t17-,18+,20?/m0/s1. The zero-order valence-corrected chi connectivity index (χ0v) is 15.7. The van der Waals surface area contributed by atoms with Crippen molar-refractivity contribution in [2.45, 2.75) is 11.7 Å². The number of aliphatic hydroxyl groups is 2. The van der Waals surface area contributed by atoms with Crippen LogP contribution in [0.5, 0.6) is 28.7 Å². The summed E-state index contributed by atoms with van der Waals surface area (Å²) in [7, 11) is 2.95. The van der Waals surface area contributed by atoms with Crippen LogP contribution in [0.15, 0.2) is 30.3 Å². The lowest BCUT2D eigenvalue weighted by molar-refractivity contribution is -0.220. The smallest absolute Gasteiger partial charge is 0.314 e. The summed E-state index contributed by atoms with van der Waals surface area (Å²) in [5.74, 6) is -4.23. The molecule has 2 aliphatic rings. The Bertz CT molecular complexity index is 957. The van der Waals surface area contributed by atoms with E-state index in [0.717, 1.165) is 0 Å². The molecule has 0 bridgehead atoms. The van der Waals surface area contributed by atoms with Gasteiger partial charge in [0.25, 0.3) is 0 Å². The molecule has 2 aromatic carbocycles. The van der Waals surface area contributed by atoms with E-state index in [9.17, 15) is 20.1 Å². The molecule has 0 saturated carbocycles. The Morgan fingerprint density at radius 1 is 1.10 bits per heavy atom. The summed E-state index contributed by atoms with van der Waals surface area (Å²) in [4.78, 5) is 12.2. The van der Waals surface area contributed by atoms with E-state index in [0.29, 0.717) is 34.1 Å². The van der Waals surface area contributed by atoms with Gasteiger partial charge in [-0.2, -0.15) is 0 Å². The minimum atomic E-state index is -2.36. The van der Waals surface area contributed by atoms with Crippen LogP contribution in [-0.2, 0) is 4.79 Å². The van der Waals surface area contributed by atoms with Gasteiger partial charge < -0.3 is 39.0 Å². The van der Waals surface area contributed by atoms with Gasteiger partial charge >= 0.3 is 5.97 Å². The van der Waals surface area contributed by atoms with Crippen LogP contribution in [0.2, 0.25) is 0 Å². The summed E-state index contributed by atoms with van der Waals surface area (Å²) in [6.07, 6.45) is 0. The van der Waals surface area contributed by atoms with E-state index in [1.165, 1.54) is 20.3 Å². The van der Waals surface area contributed by atoms with Crippen molar-refractivity contribution < 1.29 is 43.8 Å². The molecule has 29 heavy (non-hydrogen) atoms. The first-order chi connectivity index (χ1) is 13.9. The minimum absolute atomic E-state index is 0.0153. The number of aliphatic hydroxyl groups excluding tert-OH is 1. The van der Waals surface area contributed by atoms with Gasteiger partial charge in [-0.3, -0.25) is 4.79 Å². The van der Waals surface area contributed by atoms with E-state index in [-0.39, 0.29) is 12.5 Å². The van der Waals surface area contributed by atoms with Gasteiger partial charge in [-0.25, -0.2) is 0 Å². The van der Waals surface area contributed by atoms with Crippen molar-refractivity contribution >= 4 is 5.97 Å². The fourth-order valence-electron chi connectivity index (χ4n) is 3.85. The quantitative estimate of drug-likeness (QED) is 0.677. The number of ether oxygens (including phenoxy) is 5. The molecule has 2 aliphatic heterocycles. The van der Waals surface area contributed by atoms with Crippen molar-refractivity contribution in [2.75, 3.05) is 27.6 Å². The van der Waals surface area contributed by atoms with Crippen molar-refractivity contribution in [1.29, 1.82) is 0 Å². The molecule has 0 aliphatic carbocycles. The fourth-order valence-corrected chi connectivity index (χ4v) is 3.85. The molecular formula is C20H20O9. The van der Waals surface area contributed by atoms with Crippen LogP contribution in [-0.4, -0.2) is 54.7 Å². The van der Waals surface area contributed by atoms with Crippen molar-refractivity contribution in [2.24, 2.45) is 5.92 Å². The lowest BCUT2D eigenvalue weighted by atomic mass is 9.73. The highest BCUT2D eigenvalue weighted by molar-refractivity contribution is 5.76. The number of carbonyl (C=O) groups is 1. The van der Waals surface area contributed by atoms with E-state index < -0.39 is 30.2 Å². The molecule has 0 fully saturated rings. The molecule has 0 amide bonds. The fraction of sp³-hybridized carbons (Fsp3) is 0.350. The molecule has 9 nitrogen and oxygen atoms in total. The molecule has 0 radical (unpaired) electrons. The lowest BCUT2D eigenvalue weighted by Crippen LogP contribution is -2.55. The van der Waals surface area contributed by atoms with Crippen LogP contribution >= 0.6 is 0 Å². The number of aliphatic carboxylic acids is 1. The van der Waals surface area contributed by atoms with Gasteiger partial charge in [0.1, 0.15) is 29.8 Å². The Morgan fingerprint density at radius 2 is 1.83 bits per heavy atom. The summed E-state index contributed by atoms with van der Waals surface area (Å²) < 4.78 is 27.0. The van der Waals surface area contributed by atoms with Gasteiger partial charge in [0.2, 0.25) is 12.6 Å². The highest BCUT2D eigenvalue weighted by Gasteiger charge is 2.54. The zero-order valence-electron chi connectivity index (χ0n) is 15.7. The van der Waals surface area contributed by atoms with Gasteiger partial charge in [-0.1, -0.05) is 6.07 Å². The van der Waals surface area contributed by atoms with E-state index in [1.54, 1.807) is 24.3 Å². The first-order valence-corrected chi connectivity index (χ1v) is 8.82. The Kier molecular flexibility index (Phi) is 4.64. The molecule has 2 aromatic rings. The van der Waals surface area contributed by atoms with Gasteiger partial charge in [0.15, 0.2) is 11.5 Å². The molecule has 0 aromatic heterocycles. The number of fused-ring (bicyclic) bond motifs is 2. The van der Waals surface area contributed by atoms with E-state index >= 15 is 0 Å². The molecule has 4 rings (SSSR count). The maximum Gasteiger partial charge on any atom is 0.314 e. The van der Waals surface area contributed by atoms with Gasteiger partial charge in [-0.15, -0.1) is 0 Å². The SMILES string of the molecule is COc1ccc([C@H]2c3cc4c(cc3OC(O)(CO)[C@H]2C(=O)O)OCO4)c(OC)c1. The van der Waals surface area contributed by atoms with E-state index in [4.69, 9.17) is 23.7 Å². The molecule has 3 atom stereocenters. The highest BCUT2D eigenvalue weighted by Crippen LogP contribution is 2.53. The molecular weight excluding hydrogens is 384 g/mol. The zero-order chi connectivity index (χ0) is 20.8. The predicted octanol–water partition coefficient (Wildman–Crippen LogP) is 1.34. The largest absolute Gasteiger partial charge is 0.497 e. The third-order valence-electron chi connectivity index (χ3n) is 5.21. The molecule has 3 N–H and O–H groups in total. The number of methoxy groups -OCH3 is 2. The molecule has 1 unspecified atom stereocenters. The van der Waals surface area contributed by atoms with E-state index in [2.05, 4.69) is 0 Å². The number of hydrogen-bond acceptors (Lipinski definition) is 8. The first-order valence-electron chi connectivity index (χ1n) is 8.82. The summed E-state index contributed by atoms with van der Waals surface area (Å²) in [6.45, 7) is -0.909.